The Bertz CT molecular complexity index is 483. The third kappa shape index (κ3) is 4.84. The fourth-order valence-electron chi connectivity index (χ4n) is 1.47. The third-order valence-corrected chi connectivity index (χ3v) is 2.65. The Morgan fingerprint density at radius 3 is 2.53 bits per heavy atom. The molecule has 4 nitrogen and oxygen atoms in total. The molecule has 1 rings (SSSR count). The van der Waals surface area contributed by atoms with Crippen molar-refractivity contribution in [2.45, 2.75) is 26.7 Å². The molecule has 0 aliphatic rings. The summed E-state index contributed by atoms with van der Waals surface area (Å²) in [6.07, 6.45) is 3.27. The lowest BCUT2D eigenvalue weighted by Crippen LogP contribution is -2.25. The number of aryl methyl sites for hydroxylation is 1. The average molecular weight is 257 g/mol. The number of carbonyl (C=O) groups excluding carboxylic acids is 1. The van der Waals surface area contributed by atoms with Crippen molar-refractivity contribution < 1.29 is 4.79 Å². The number of amides is 1. The molecule has 1 amide bonds. The number of nitrogens with zero attached hydrogens (tertiary/aromatic N) is 1. The maximum Gasteiger partial charge on any atom is 0.263 e. The van der Waals surface area contributed by atoms with Gasteiger partial charge in [0.2, 0.25) is 0 Å². The second kappa shape index (κ2) is 7.93. The Kier molecular flexibility index (Phi) is 6.17. The summed E-state index contributed by atoms with van der Waals surface area (Å²) < 4.78 is 0. The van der Waals surface area contributed by atoms with Crippen LogP contribution in [0.3, 0.4) is 0 Å². The van der Waals surface area contributed by atoms with Crippen LogP contribution in [0.25, 0.3) is 0 Å². The van der Waals surface area contributed by atoms with Crippen molar-refractivity contribution in [2.24, 2.45) is 0 Å². The number of nitrogens with one attached hydrogen (secondary N) is 2. The smallest absolute Gasteiger partial charge is 0.263 e. The largest absolute Gasteiger partial charge is 0.360 e. The first kappa shape index (κ1) is 14.8. The van der Waals surface area contributed by atoms with Crippen LogP contribution in [0.4, 0.5) is 5.69 Å². The van der Waals surface area contributed by atoms with Crippen molar-refractivity contribution in [3.05, 3.63) is 41.6 Å². The average Bonchev–Trinajstić information content (AvgIpc) is 2.46. The molecule has 1 aromatic rings. The maximum atomic E-state index is 11.6. The molecule has 100 valence electrons. The standard InChI is InChI=1S/C15H19N3O/c1-3-9-17-15(19)13(10-16)11-18-14-7-5-12(4-2)6-8-14/h5-8,11,18H,3-4,9H2,1-2H3,(H,17,19)/b13-11-. The van der Waals surface area contributed by atoms with Gasteiger partial charge in [-0.05, 0) is 30.5 Å². The SMILES string of the molecule is CCCNC(=O)/C(C#N)=C\Nc1ccc(CC)cc1. The van der Waals surface area contributed by atoms with Gasteiger partial charge in [-0.3, -0.25) is 4.79 Å². The number of benzene rings is 1. The van der Waals surface area contributed by atoms with E-state index in [0.29, 0.717) is 6.54 Å². The highest BCUT2D eigenvalue weighted by Crippen LogP contribution is 2.10. The van der Waals surface area contributed by atoms with E-state index in [0.717, 1.165) is 18.5 Å². The second-order valence-electron chi connectivity index (χ2n) is 4.12. The predicted octanol–water partition coefficient (Wildman–Crippen LogP) is 2.59. The fourth-order valence-corrected chi connectivity index (χ4v) is 1.47. The molecule has 0 saturated carbocycles. The molecule has 19 heavy (non-hydrogen) atoms. The third-order valence-electron chi connectivity index (χ3n) is 2.65. The molecule has 0 radical (unpaired) electrons. The molecule has 0 aliphatic carbocycles. The number of nitriles is 1. The lowest BCUT2D eigenvalue weighted by molar-refractivity contribution is -0.117. The van der Waals surface area contributed by atoms with Crippen molar-refractivity contribution in [1.29, 1.82) is 5.26 Å². The molecule has 2 N–H and O–H groups in total. The van der Waals surface area contributed by atoms with Crippen LogP contribution in [-0.2, 0) is 11.2 Å². The number of hydrogen-bond acceptors (Lipinski definition) is 3. The Hall–Kier alpha value is -2.28. The highest BCUT2D eigenvalue weighted by molar-refractivity contribution is 5.97. The summed E-state index contributed by atoms with van der Waals surface area (Å²) in [7, 11) is 0. The van der Waals surface area contributed by atoms with Gasteiger partial charge in [-0.25, -0.2) is 0 Å². The first-order valence-electron chi connectivity index (χ1n) is 6.45. The number of carbonyl (C=O) groups is 1. The van der Waals surface area contributed by atoms with Gasteiger partial charge < -0.3 is 10.6 Å². The van der Waals surface area contributed by atoms with Crippen molar-refractivity contribution >= 4 is 11.6 Å². The van der Waals surface area contributed by atoms with Crippen LogP contribution in [0.2, 0.25) is 0 Å². The van der Waals surface area contributed by atoms with Crippen LogP contribution in [0.15, 0.2) is 36.0 Å². The lowest BCUT2D eigenvalue weighted by Gasteiger charge is -2.04. The monoisotopic (exact) mass is 257 g/mol. The van der Waals surface area contributed by atoms with E-state index >= 15 is 0 Å². The molecule has 0 spiro atoms. The van der Waals surface area contributed by atoms with E-state index in [2.05, 4.69) is 17.6 Å². The zero-order valence-electron chi connectivity index (χ0n) is 11.4. The van der Waals surface area contributed by atoms with Crippen molar-refractivity contribution in [1.82, 2.24) is 5.32 Å². The summed E-state index contributed by atoms with van der Waals surface area (Å²) in [5, 5.41) is 14.6. The fraction of sp³-hybridized carbons (Fsp3) is 0.333. The summed E-state index contributed by atoms with van der Waals surface area (Å²) in [4.78, 5) is 11.6. The van der Waals surface area contributed by atoms with Gasteiger partial charge in [-0.2, -0.15) is 5.26 Å². The number of rotatable bonds is 6. The normalized spacial score (nSPS) is 10.7. The van der Waals surface area contributed by atoms with Gasteiger partial charge >= 0.3 is 0 Å². The van der Waals surface area contributed by atoms with Crippen LogP contribution in [0.1, 0.15) is 25.8 Å². The summed E-state index contributed by atoms with van der Waals surface area (Å²) in [6, 6.07) is 9.77. The first-order chi connectivity index (χ1) is 9.21. The molecule has 0 aliphatic heterocycles. The minimum Gasteiger partial charge on any atom is -0.360 e. The molecule has 4 heteroatoms. The second-order valence-corrected chi connectivity index (χ2v) is 4.12. The van der Waals surface area contributed by atoms with E-state index < -0.39 is 0 Å². The van der Waals surface area contributed by atoms with Gasteiger partial charge in [0.25, 0.3) is 5.91 Å². The van der Waals surface area contributed by atoms with Crippen LogP contribution in [0, 0.1) is 11.3 Å². The lowest BCUT2D eigenvalue weighted by atomic mass is 10.1. The Morgan fingerprint density at radius 2 is 2.00 bits per heavy atom. The van der Waals surface area contributed by atoms with Gasteiger partial charge in [-0.15, -0.1) is 0 Å². The van der Waals surface area contributed by atoms with Crippen molar-refractivity contribution in [2.75, 3.05) is 11.9 Å². The summed E-state index contributed by atoms with van der Waals surface area (Å²) in [6.45, 7) is 4.63. The van der Waals surface area contributed by atoms with Gasteiger partial charge in [-0.1, -0.05) is 26.0 Å². The van der Waals surface area contributed by atoms with Gasteiger partial charge in [0.05, 0.1) is 0 Å². The van der Waals surface area contributed by atoms with E-state index in [1.165, 1.54) is 11.8 Å². The van der Waals surface area contributed by atoms with E-state index in [1.807, 2.05) is 37.3 Å². The molecule has 0 atom stereocenters. The minimum atomic E-state index is -0.345. The Morgan fingerprint density at radius 1 is 1.32 bits per heavy atom. The van der Waals surface area contributed by atoms with Crippen LogP contribution in [-0.4, -0.2) is 12.5 Å². The maximum absolute atomic E-state index is 11.6. The molecule has 0 heterocycles. The molecule has 0 fully saturated rings. The first-order valence-corrected chi connectivity index (χ1v) is 6.45. The van der Waals surface area contributed by atoms with E-state index in [1.54, 1.807) is 0 Å². The highest BCUT2D eigenvalue weighted by atomic mass is 16.1. The van der Waals surface area contributed by atoms with E-state index in [9.17, 15) is 4.79 Å². The molecule has 0 saturated heterocycles. The van der Waals surface area contributed by atoms with Crippen molar-refractivity contribution in [3.8, 4) is 6.07 Å². The van der Waals surface area contributed by atoms with Crippen LogP contribution < -0.4 is 10.6 Å². The number of anilines is 1. The zero-order valence-corrected chi connectivity index (χ0v) is 11.4. The molecular weight excluding hydrogens is 238 g/mol. The molecule has 1 aromatic carbocycles. The molecule has 0 unspecified atom stereocenters. The van der Waals surface area contributed by atoms with Crippen LogP contribution in [0.5, 0.6) is 0 Å². The Balaban J connectivity index is 2.66. The molecular formula is C15H19N3O. The predicted molar refractivity (Wildman–Crippen MR) is 76.4 cm³/mol. The summed E-state index contributed by atoms with van der Waals surface area (Å²) >= 11 is 0. The van der Waals surface area contributed by atoms with Gasteiger partial charge in [0.1, 0.15) is 11.6 Å². The Labute approximate surface area is 114 Å². The van der Waals surface area contributed by atoms with E-state index in [4.69, 9.17) is 5.26 Å². The van der Waals surface area contributed by atoms with Crippen molar-refractivity contribution in [3.63, 3.8) is 0 Å². The summed E-state index contributed by atoms with van der Waals surface area (Å²) in [5.41, 5.74) is 2.18. The van der Waals surface area contributed by atoms with Gasteiger partial charge in [0.15, 0.2) is 0 Å². The highest BCUT2D eigenvalue weighted by Gasteiger charge is 2.06. The van der Waals surface area contributed by atoms with Gasteiger partial charge in [0, 0.05) is 18.4 Å². The molecule has 0 aromatic heterocycles. The minimum absolute atomic E-state index is 0.0769. The number of hydrogen-bond donors (Lipinski definition) is 2. The molecule has 0 bridgehead atoms. The van der Waals surface area contributed by atoms with Crippen LogP contribution >= 0.6 is 0 Å². The topological polar surface area (TPSA) is 64.9 Å². The quantitative estimate of drug-likeness (QED) is 0.608. The summed E-state index contributed by atoms with van der Waals surface area (Å²) in [5.74, 6) is -0.345. The zero-order chi connectivity index (χ0) is 14.1. The van der Waals surface area contributed by atoms with E-state index in [-0.39, 0.29) is 11.5 Å².